The molecule has 3 rings (SSSR count). The summed E-state index contributed by atoms with van der Waals surface area (Å²) in [4.78, 5) is 11.5. The monoisotopic (exact) mass is 428 g/mol. The number of benzene rings is 2. The van der Waals surface area contributed by atoms with Gasteiger partial charge in [-0.25, -0.2) is 8.42 Å². The van der Waals surface area contributed by atoms with Crippen LogP contribution in [0.2, 0.25) is 0 Å². The Bertz CT molecular complexity index is 998. The second kappa shape index (κ2) is 7.82. The van der Waals surface area contributed by atoms with Crippen LogP contribution >= 0.6 is 0 Å². The van der Waals surface area contributed by atoms with E-state index in [0.29, 0.717) is 12.2 Å². The second-order valence-corrected chi connectivity index (χ2v) is 11.3. The zero-order valence-electron chi connectivity index (χ0n) is 18.6. The van der Waals surface area contributed by atoms with Crippen molar-refractivity contribution in [3.05, 3.63) is 60.2 Å². The Morgan fingerprint density at radius 3 is 2.00 bits per heavy atom. The van der Waals surface area contributed by atoms with Crippen LogP contribution in [-0.2, 0) is 21.4 Å². The van der Waals surface area contributed by atoms with Crippen LogP contribution in [0, 0.1) is 16.7 Å². The lowest BCUT2D eigenvalue weighted by atomic mass is 10.0. The predicted molar refractivity (Wildman–Crippen MR) is 120 cm³/mol. The summed E-state index contributed by atoms with van der Waals surface area (Å²) >= 11 is 0. The SMILES string of the molecule is CC(=O)Nc1ccc(S(=O)(=O)N(Cc2ccccc2)C(C)C2C(C)(C)C2(C)C)cc1. The standard InChI is InChI=1S/C24H32N2O3S/c1-17(22-23(3,4)24(22,5)6)26(16-19-10-8-7-9-11-19)30(28,29)21-14-12-20(13-15-21)25-18(2)27/h7-15,17,22H,16H2,1-6H3,(H,25,27). The van der Waals surface area contributed by atoms with Crippen molar-refractivity contribution < 1.29 is 13.2 Å². The van der Waals surface area contributed by atoms with Gasteiger partial charge in [0, 0.05) is 25.2 Å². The number of carbonyl (C=O) groups excluding carboxylic acids is 1. The van der Waals surface area contributed by atoms with E-state index < -0.39 is 10.0 Å². The first-order valence-corrected chi connectivity index (χ1v) is 11.8. The molecular formula is C24H32N2O3S. The number of nitrogens with one attached hydrogen (secondary N) is 1. The number of hydrogen-bond donors (Lipinski definition) is 1. The number of hydrogen-bond acceptors (Lipinski definition) is 3. The van der Waals surface area contributed by atoms with E-state index in [1.807, 2.05) is 37.3 Å². The predicted octanol–water partition coefficient (Wildman–Crippen LogP) is 4.91. The summed E-state index contributed by atoms with van der Waals surface area (Å²) in [5, 5.41) is 2.68. The molecule has 162 valence electrons. The van der Waals surface area contributed by atoms with E-state index in [1.165, 1.54) is 6.92 Å². The lowest BCUT2D eigenvalue weighted by molar-refractivity contribution is -0.114. The van der Waals surface area contributed by atoms with Gasteiger partial charge in [0.05, 0.1) is 4.90 Å². The van der Waals surface area contributed by atoms with E-state index in [4.69, 9.17) is 0 Å². The van der Waals surface area contributed by atoms with Crippen molar-refractivity contribution in [2.75, 3.05) is 5.32 Å². The zero-order chi connectivity index (χ0) is 22.3. The maximum Gasteiger partial charge on any atom is 0.243 e. The number of rotatable bonds is 7. The normalized spacial score (nSPS) is 18.8. The second-order valence-electron chi connectivity index (χ2n) is 9.40. The lowest BCUT2D eigenvalue weighted by Gasteiger charge is -2.30. The third-order valence-corrected chi connectivity index (χ3v) is 8.98. The quantitative estimate of drug-likeness (QED) is 0.682. The van der Waals surface area contributed by atoms with Crippen molar-refractivity contribution in [3.63, 3.8) is 0 Å². The van der Waals surface area contributed by atoms with Crippen LogP contribution in [0.1, 0.15) is 47.1 Å². The molecule has 1 fully saturated rings. The molecule has 2 aromatic rings. The molecule has 0 aromatic heterocycles. The maximum absolute atomic E-state index is 13.7. The Hall–Kier alpha value is -2.18. The van der Waals surface area contributed by atoms with Crippen LogP contribution in [0.5, 0.6) is 0 Å². The van der Waals surface area contributed by atoms with E-state index in [1.54, 1.807) is 28.6 Å². The average molecular weight is 429 g/mol. The fourth-order valence-corrected chi connectivity index (χ4v) is 6.51. The minimum atomic E-state index is -3.73. The summed E-state index contributed by atoms with van der Waals surface area (Å²) in [6, 6.07) is 15.9. The Labute approximate surface area is 180 Å². The van der Waals surface area contributed by atoms with E-state index in [-0.39, 0.29) is 33.6 Å². The van der Waals surface area contributed by atoms with Gasteiger partial charge in [-0.2, -0.15) is 4.31 Å². The average Bonchev–Trinajstić information content (AvgIpc) is 3.08. The Kier molecular flexibility index (Phi) is 5.87. The van der Waals surface area contributed by atoms with Crippen LogP contribution < -0.4 is 5.32 Å². The summed E-state index contributed by atoms with van der Waals surface area (Å²) in [6.45, 7) is 12.6. The molecule has 5 nitrogen and oxygen atoms in total. The highest BCUT2D eigenvalue weighted by Crippen LogP contribution is 2.70. The van der Waals surface area contributed by atoms with Crippen molar-refractivity contribution >= 4 is 21.6 Å². The molecule has 1 N–H and O–H groups in total. The van der Waals surface area contributed by atoms with Crippen LogP contribution in [0.4, 0.5) is 5.69 Å². The summed E-state index contributed by atoms with van der Waals surface area (Å²) < 4.78 is 29.0. The minimum absolute atomic E-state index is 0.0616. The van der Waals surface area contributed by atoms with Crippen LogP contribution in [-0.4, -0.2) is 24.7 Å². The number of sulfonamides is 1. The molecular weight excluding hydrogens is 396 g/mol. The molecule has 6 heteroatoms. The van der Waals surface area contributed by atoms with E-state index >= 15 is 0 Å². The number of anilines is 1. The van der Waals surface area contributed by atoms with Gasteiger partial charge in [0.2, 0.25) is 15.9 Å². The molecule has 1 aliphatic rings. The topological polar surface area (TPSA) is 66.5 Å². The zero-order valence-corrected chi connectivity index (χ0v) is 19.5. The molecule has 1 aliphatic carbocycles. The Morgan fingerprint density at radius 2 is 1.53 bits per heavy atom. The van der Waals surface area contributed by atoms with E-state index in [2.05, 4.69) is 33.0 Å². The molecule has 1 atom stereocenters. The number of amides is 1. The lowest BCUT2D eigenvalue weighted by Crippen LogP contribution is -2.40. The highest BCUT2D eigenvalue weighted by Gasteiger charge is 2.67. The van der Waals surface area contributed by atoms with Gasteiger partial charge in [0.25, 0.3) is 0 Å². The van der Waals surface area contributed by atoms with E-state index in [0.717, 1.165) is 5.56 Å². The molecule has 1 amide bonds. The minimum Gasteiger partial charge on any atom is -0.326 e. The number of nitrogens with zero attached hydrogens (tertiary/aromatic N) is 1. The maximum atomic E-state index is 13.7. The van der Waals surface area contributed by atoms with Crippen molar-refractivity contribution in [3.8, 4) is 0 Å². The van der Waals surface area contributed by atoms with Gasteiger partial charge in [0.15, 0.2) is 0 Å². The largest absolute Gasteiger partial charge is 0.326 e. The van der Waals surface area contributed by atoms with Crippen molar-refractivity contribution in [1.29, 1.82) is 0 Å². The van der Waals surface area contributed by atoms with Crippen LogP contribution in [0.3, 0.4) is 0 Å². The van der Waals surface area contributed by atoms with E-state index in [9.17, 15) is 13.2 Å². The first-order chi connectivity index (χ1) is 13.9. The molecule has 0 saturated heterocycles. The molecule has 0 spiro atoms. The third kappa shape index (κ3) is 4.03. The molecule has 0 aliphatic heterocycles. The molecule has 0 radical (unpaired) electrons. The van der Waals surface area contributed by atoms with Gasteiger partial charge >= 0.3 is 0 Å². The molecule has 1 unspecified atom stereocenters. The summed E-state index contributed by atoms with van der Waals surface area (Å²) in [5.41, 5.74) is 1.66. The highest BCUT2D eigenvalue weighted by molar-refractivity contribution is 7.89. The molecule has 0 heterocycles. The van der Waals surface area contributed by atoms with Gasteiger partial charge in [-0.3, -0.25) is 4.79 Å². The van der Waals surface area contributed by atoms with Crippen molar-refractivity contribution in [2.45, 2.75) is 59.0 Å². The summed E-state index contributed by atoms with van der Waals surface area (Å²) in [6.07, 6.45) is 0. The third-order valence-electron chi connectivity index (χ3n) is 7.03. The Morgan fingerprint density at radius 1 is 1.00 bits per heavy atom. The fraction of sp³-hybridized carbons (Fsp3) is 0.458. The van der Waals surface area contributed by atoms with Crippen molar-refractivity contribution in [2.24, 2.45) is 16.7 Å². The first-order valence-electron chi connectivity index (χ1n) is 10.3. The van der Waals surface area contributed by atoms with Crippen LogP contribution in [0.15, 0.2) is 59.5 Å². The molecule has 2 aromatic carbocycles. The molecule has 0 bridgehead atoms. The Balaban J connectivity index is 1.97. The first kappa shape index (κ1) is 22.5. The van der Waals surface area contributed by atoms with Gasteiger partial charge < -0.3 is 5.32 Å². The van der Waals surface area contributed by atoms with Crippen molar-refractivity contribution in [1.82, 2.24) is 4.31 Å². The summed E-state index contributed by atoms with van der Waals surface area (Å²) in [5.74, 6) is 0.0604. The van der Waals surface area contributed by atoms with Gasteiger partial charge in [0.1, 0.15) is 0 Å². The fourth-order valence-electron chi connectivity index (χ4n) is 4.88. The number of carbonyl (C=O) groups is 1. The van der Waals surface area contributed by atoms with Gasteiger partial charge in [-0.15, -0.1) is 0 Å². The van der Waals surface area contributed by atoms with Gasteiger partial charge in [-0.1, -0.05) is 58.0 Å². The highest BCUT2D eigenvalue weighted by atomic mass is 32.2. The molecule has 1 saturated carbocycles. The van der Waals surface area contributed by atoms with Crippen LogP contribution in [0.25, 0.3) is 0 Å². The smallest absolute Gasteiger partial charge is 0.243 e. The van der Waals surface area contributed by atoms with Gasteiger partial charge in [-0.05, 0) is 53.5 Å². The molecule has 30 heavy (non-hydrogen) atoms. The summed E-state index contributed by atoms with van der Waals surface area (Å²) in [7, 11) is -3.73.